The summed E-state index contributed by atoms with van der Waals surface area (Å²) in [7, 11) is 1.86. The maximum absolute atomic E-state index is 12.7. The smallest absolute Gasteiger partial charge is 0.253 e. The van der Waals surface area contributed by atoms with Crippen LogP contribution in [0.2, 0.25) is 0 Å². The van der Waals surface area contributed by atoms with Crippen LogP contribution < -0.4 is 0 Å². The molecule has 1 aromatic carbocycles. The number of carbonyl (C=O) groups excluding carboxylic acids is 1. The highest BCUT2D eigenvalue weighted by molar-refractivity contribution is 5.95. The first-order valence-electron chi connectivity index (χ1n) is 9.48. The van der Waals surface area contributed by atoms with Crippen LogP contribution in [-0.4, -0.2) is 52.1 Å². The zero-order chi connectivity index (χ0) is 18.6. The number of benzene rings is 1. The molecule has 1 N–H and O–H groups in total. The summed E-state index contributed by atoms with van der Waals surface area (Å²) in [6.07, 6.45) is 8.09. The molecule has 6 nitrogen and oxygen atoms in total. The van der Waals surface area contributed by atoms with Crippen LogP contribution in [0, 0.1) is 0 Å². The van der Waals surface area contributed by atoms with Crippen LogP contribution >= 0.6 is 0 Å². The maximum atomic E-state index is 12.7. The van der Waals surface area contributed by atoms with Crippen molar-refractivity contribution < 1.29 is 9.53 Å². The molecule has 3 aromatic rings. The Morgan fingerprint density at radius 2 is 2.11 bits per heavy atom. The van der Waals surface area contributed by atoms with Gasteiger partial charge in [0.15, 0.2) is 0 Å². The van der Waals surface area contributed by atoms with E-state index >= 15 is 0 Å². The van der Waals surface area contributed by atoms with Gasteiger partial charge in [0.25, 0.3) is 5.91 Å². The maximum Gasteiger partial charge on any atom is 0.253 e. The van der Waals surface area contributed by atoms with Crippen molar-refractivity contribution in [2.45, 2.75) is 31.8 Å². The molecular formula is C21H24N4O2. The second-order valence-electron chi connectivity index (χ2n) is 7.04. The van der Waals surface area contributed by atoms with Gasteiger partial charge in [0, 0.05) is 42.9 Å². The third-order valence-electron chi connectivity index (χ3n) is 5.15. The second-order valence-corrected chi connectivity index (χ2v) is 7.04. The molecule has 6 heteroatoms. The zero-order valence-corrected chi connectivity index (χ0v) is 15.5. The Balaban J connectivity index is 1.40. The summed E-state index contributed by atoms with van der Waals surface area (Å²) in [4.78, 5) is 26.2. The fourth-order valence-electron chi connectivity index (χ4n) is 3.62. The average molecular weight is 364 g/mol. The van der Waals surface area contributed by atoms with E-state index in [-0.39, 0.29) is 5.91 Å². The average Bonchev–Trinajstić information content (AvgIpc) is 3.39. The monoisotopic (exact) mass is 364 g/mol. The van der Waals surface area contributed by atoms with Gasteiger partial charge < -0.3 is 14.6 Å². The Hall–Kier alpha value is -2.73. The predicted molar refractivity (Wildman–Crippen MR) is 104 cm³/mol. The summed E-state index contributed by atoms with van der Waals surface area (Å²) in [5.41, 5.74) is 3.34. The van der Waals surface area contributed by atoms with Crippen molar-refractivity contribution in [2.75, 3.05) is 20.2 Å². The zero-order valence-electron chi connectivity index (χ0n) is 15.5. The van der Waals surface area contributed by atoms with Crippen molar-refractivity contribution in [2.24, 2.45) is 0 Å². The number of hydrogen-bond donors (Lipinski definition) is 1. The third-order valence-corrected chi connectivity index (χ3v) is 5.15. The quantitative estimate of drug-likeness (QED) is 0.725. The van der Waals surface area contributed by atoms with Crippen molar-refractivity contribution >= 4 is 16.9 Å². The molecular weight excluding hydrogens is 340 g/mol. The number of nitrogens with zero attached hydrogens (tertiary/aromatic N) is 3. The molecule has 0 bridgehead atoms. The van der Waals surface area contributed by atoms with E-state index in [2.05, 4.69) is 15.0 Å². The molecule has 0 radical (unpaired) electrons. The Morgan fingerprint density at radius 1 is 1.26 bits per heavy atom. The minimum absolute atomic E-state index is 0.0448. The lowest BCUT2D eigenvalue weighted by Gasteiger charge is -2.18. The van der Waals surface area contributed by atoms with Crippen molar-refractivity contribution in [1.82, 2.24) is 19.9 Å². The fraction of sp³-hybridized carbons (Fsp3) is 0.381. The third kappa shape index (κ3) is 3.85. The first-order chi connectivity index (χ1) is 13.2. The van der Waals surface area contributed by atoms with Crippen molar-refractivity contribution in [3.05, 3.63) is 48.4 Å². The molecule has 1 amide bonds. The lowest BCUT2D eigenvalue weighted by molar-refractivity contribution is 0.0763. The van der Waals surface area contributed by atoms with E-state index < -0.39 is 0 Å². The Bertz CT molecular complexity index is 913. The van der Waals surface area contributed by atoms with E-state index in [1.165, 1.54) is 0 Å². The van der Waals surface area contributed by atoms with Crippen LogP contribution in [0.1, 0.15) is 36.0 Å². The number of aromatic amines is 1. The van der Waals surface area contributed by atoms with Gasteiger partial charge in [-0.3, -0.25) is 4.79 Å². The van der Waals surface area contributed by atoms with Crippen LogP contribution in [-0.2, 0) is 4.74 Å². The minimum Gasteiger partial charge on any atom is -0.378 e. The van der Waals surface area contributed by atoms with Crippen molar-refractivity contribution in [3.8, 4) is 11.3 Å². The SMILES string of the molecule is CN(CCCC1CCCO1)C(=O)c1ccc(-c2ncnc3[nH]ccc23)cc1. The Labute approximate surface area is 158 Å². The standard InChI is InChI=1S/C21H24N4O2/c1-25(12-2-4-17-5-3-13-27-17)21(26)16-8-6-15(7-9-16)19-18-10-11-22-20(18)24-14-23-19/h6-11,14,17H,2-5,12-13H2,1H3,(H,22,23,24). The van der Waals surface area contributed by atoms with Crippen LogP contribution in [0.3, 0.4) is 0 Å². The minimum atomic E-state index is 0.0448. The number of aromatic nitrogens is 3. The van der Waals surface area contributed by atoms with E-state index in [1.807, 2.05) is 43.6 Å². The summed E-state index contributed by atoms with van der Waals surface area (Å²) >= 11 is 0. The van der Waals surface area contributed by atoms with Crippen molar-refractivity contribution in [1.29, 1.82) is 0 Å². The first kappa shape index (κ1) is 17.7. The molecule has 1 fully saturated rings. The summed E-state index contributed by atoms with van der Waals surface area (Å²) in [6.45, 7) is 1.63. The highest BCUT2D eigenvalue weighted by Gasteiger charge is 2.17. The fourth-order valence-corrected chi connectivity index (χ4v) is 3.62. The van der Waals surface area contributed by atoms with Crippen LogP contribution in [0.25, 0.3) is 22.3 Å². The number of fused-ring (bicyclic) bond motifs is 1. The number of nitrogens with one attached hydrogen (secondary N) is 1. The van der Waals surface area contributed by atoms with E-state index in [4.69, 9.17) is 4.74 Å². The van der Waals surface area contributed by atoms with E-state index in [1.54, 1.807) is 11.2 Å². The molecule has 0 aliphatic carbocycles. The number of amides is 1. The molecule has 2 aromatic heterocycles. The van der Waals surface area contributed by atoms with Gasteiger partial charge in [0.1, 0.15) is 12.0 Å². The molecule has 1 aliphatic rings. The molecule has 0 saturated carbocycles. The molecule has 1 atom stereocenters. The number of hydrogen-bond acceptors (Lipinski definition) is 4. The van der Waals surface area contributed by atoms with Gasteiger partial charge in [0.2, 0.25) is 0 Å². The first-order valence-corrected chi connectivity index (χ1v) is 9.48. The highest BCUT2D eigenvalue weighted by atomic mass is 16.5. The van der Waals surface area contributed by atoms with Crippen LogP contribution in [0.4, 0.5) is 0 Å². The number of rotatable bonds is 6. The lowest BCUT2D eigenvalue weighted by atomic mass is 10.1. The van der Waals surface area contributed by atoms with Gasteiger partial charge in [-0.25, -0.2) is 9.97 Å². The van der Waals surface area contributed by atoms with Crippen molar-refractivity contribution in [3.63, 3.8) is 0 Å². The van der Waals surface area contributed by atoms with E-state index in [0.29, 0.717) is 11.7 Å². The van der Waals surface area contributed by atoms with Gasteiger partial charge in [-0.05, 0) is 43.9 Å². The molecule has 0 spiro atoms. The second kappa shape index (κ2) is 7.88. The van der Waals surface area contributed by atoms with Gasteiger partial charge in [-0.2, -0.15) is 0 Å². The largest absolute Gasteiger partial charge is 0.378 e. The topological polar surface area (TPSA) is 71.1 Å². The van der Waals surface area contributed by atoms with E-state index in [9.17, 15) is 4.79 Å². The molecule has 27 heavy (non-hydrogen) atoms. The molecule has 1 saturated heterocycles. The molecule has 1 unspecified atom stereocenters. The molecule has 4 rings (SSSR count). The van der Waals surface area contributed by atoms with Gasteiger partial charge in [-0.1, -0.05) is 12.1 Å². The Kier molecular flexibility index (Phi) is 5.16. The normalized spacial score (nSPS) is 16.7. The number of H-pyrrole nitrogens is 1. The molecule has 1 aliphatic heterocycles. The highest BCUT2D eigenvalue weighted by Crippen LogP contribution is 2.25. The summed E-state index contributed by atoms with van der Waals surface area (Å²) < 4.78 is 5.64. The molecule has 140 valence electrons. The predicted octanol–water partition coefficient (Wildman–Crippen LogP) is 3.66. The number of carbonyl (C=O) groups is 1. The van der Waals surface area contributed by atoms with Crippen LogP contribution in [0.5, 0.6) is 0 Å². The van der Waals surface area contributed by atoms with E-state index in [0.717, 1.165) is 61.1 Å². The van der Waals surface area contributed by atoms with Gasteiger partial charge >= 0.3 is 0 Å². The summed E-state index contributed by atoms with van der Waals surface area (Å²) in [6, 6.07) is 9.60. The number of ether oxygens (including phenoxy) is 1. The lowest BCUT2D eigenvalue weighted by Crippen LogP contribution is -2.28. The summed E-state index contributed by atoms with van der Waals surface area (Å²) in [5, 5.41) is 0.975. The summed E-state index contributed by atoms with van der Waals surface area (Å²) in [5.74, 6) is 0.0448. The van der Waals surface area contributed by atoms with Crippen LogP contribution in [0.15, 0.2) is 42.9 Å². The molecule has 3 heterocycles. The Morgan fingerprint density at radius 3 is 2.89 bits per heavy atom. The van der Waals surface area contributed by atoms with Gasteiger partial charge in [-0.15, -0.1) is 0 Å². The van der Waals surface area contributed by atoms with Gasteiger partial charge in [0.05, 0.1) is 11.8 Å².